The van der Waals surface area contributed by atoms with E-state index in [4.69, 9.17) is 0 Å². The van der Waals surface area contributed by atoms with Gasteiger partial charge in [-0.2, -0.15) is 0 Å². The van der Waals surface area contributed by atoms with E-state index in [9.17, 15) is 10.2 Å². The molecule has 2 N–H and O–H groups in total. The molecule has 21 heavy (non-hydrogen) atoms. The molecule has 0 saturated heterocycles. The van der Waals surface area contributed by atoms with Crippen LogP contribution in [-0.2, 0) is 6.42 Å². The highest BCUT2D eigenvalue weighted by Crippen LogP contribution is 2.21. The van der Waals surface area contributed by atoms with Crippen LogP contribution >= 0.6 is 0 Å². The number of unbranched alkanes of at least 4 members (excludes halogenated alkanes) is 4. The lowest BCUT2D eigenvalue weighted by molar-refractivity contribution is 0.449. The van der Waals surface area contributed by atoms with Crippen LogP contribution in [0, 0.1) is 0 Å². The van der Waals surface area contributed by atoms with Gasteiger partial charge in [-0.1, -0.05) is 44.1 Å². The molecule has 0 aliphatic heterocycles. The number of aryl methyl sites for hydroxylation is 1. The largest absolute Gasteiger partial charge is 0.508 e. The van der Waals surface area contributed by atoms with E-state index in [0.717, 1.165) is 31.2 Å². The molecule has 0 unspecified atom stereocenters. The second-order valence-corrected chi connectivity index (χ2v) is 5.42. The number of aromatic hydroxyl groups is 2. The van der Waals surface area contributed by atoms with Crippen LogP contribution in [0.25, 0.3) is 0 Å². The molecule has 2 heteroatoms. The fraction of sp³-hybridized carbons (Fsp3) is 0.474. The Morgan fingerprint density at radius 3 is 2.05 bits per heavy atom. The second-order valence-electron chi connectivity index (χ2n) is 5.42. The Morgan fingerprint density at radius 2 is 1.43 bits per heavy atom. The minimum absolute atomic E-state index is 0.133. The van der Waals surface area contributed by atoms with Crippen molar-refractivity contribution >= 4 is 0 Å². The topological polar surface area (TPSA) is 40.5 Å². The summed E-state index contributed by atoms with van der Waals surface area (Å²) < 4.78 is 0. The predicted molar refractivity (Wildman–Crippen MR) is 89.7 cm³/mol. The van der Waals surface area contributed by atoms with Gasteiger partial charge < -0.3 is 10.2 Å². The summed E-state index contributed by atoms with van der Waals surface area (Å²) in [4.78, 5) is 0. The number of benzene rings is 1. The van der Waals surface area contributed by atoms with Gasteiger partial charge >= 0.3 is 0 Å². The molecule has 1 rings (SSSR count). The number of phenols is 2. The van der Waals surface area contributed by atoms with E-state index in [-0.39, 0.29) is 11.5 Å². The third-order valence-corrected chi connectivity index (χ3v) is 3.38. The van der Waals surface area contributed by atoms with Crippen molar-refractivity contribution in [1.29, 1.82) is 0 Å². The van der Waals surface area contributed by atoms with Gasteiger partial charge in [-0.15, -0.1) is 0 Å². The van der Waals surface area contributed by atoms with Gasteiger partial charge in [-0.25, -0.2) is 0 Å². The van der Waals surface area contributed by atoms with E-state index in [1.54, 1.807) is 12.1 Å². The van der Waals surface area contributed by atoms with E-state index in [1.807, 2.05) is 0 Å². The normalized spacial score (nSPS) is 11.7. The van der Waals surface area contributed by atoms with Crippen LogP contribution in [-0.4, -0.2) is 10.2 Å². The van der Waals surface area contributed by atoms with Crippen molar-refractivity contribution in [3.63, 3.8) is 0 Å². The standard InChI is InChI=1S/C19H28O2/c1-2-3-4-5-6-7-8-9-10-11-12-13-17-14-18(20)16-19(21)15-17/h6-7,9-10,14-16,20-21H,2-5,8,11-13H2,1H3. The first-order chi connectivity index (χ1) is 10.2. The van der Waals surface area contributed by atoms with Crippen molar-refractivity contribution in [3.8, 4) is 11.5 Å². The zero-order chi connectivity index (χ0) is 15.3. The molecule has 0 bridgehead atoms. The molecule has 0 radical (unpaired) electrons. The number of hydrogen-bond acceptors (Lipinski definition) is 2. The first-order valence-electron chi connectivity index (χ1n) is 8.04. The van der Waals surface area contributed by atoms with Gasteiger partial charge in [0.2, 0.25) is 0 Å². The van der Waals surface area contributed by atoms with Gasteiger partial charge in [0.25, 0.3) is 0 Å². The Balaban J connectivity index is 2.09. The van der Waals surface area contributed by atoms with Crippen LogP contribution in [0.15, 0.2) is 42.5 Å². The number of allylic oxidation sites excluding steroid dienone is 4. The monoisotopic (exact) mass is 288 g/mol. The summed E-state index contributed by atoms with van der Waals surface area (Å²) in [5.74, 6) is 0.266. The van der Waals surface area contributed by atoms with E-state index in [0.29, 0.717) is 0 Å². The van der Waals surface area contributed by atoms with Crippen LogP contribution in [0.4, 0.5) is 0 Å². The minimum Gasteiger partial charge on any atom is -0.508 e. The third-order valence-electron chi connectivity index (χ3n) is 3.38. The van der Waals surface area contributed by atoms with E-state index in [2.05, 4.69) is 31.2 Å². The lowest BCUT2D eigenvalue weighted by Gasteiger charge is -2.02. The zero-order valence-corrected chi connectivity index (χ0v) is 13.1. The molecule has 0 aromatic heterocycles. The Kier molecular flexibility index (Phi) is 9.10. The summed E-state index contributed by atoms with van der Waals surface area (Å²) in [5.41, 5.74) is 0.983. The summed E-state index contributed by atoms with van der Waals surface area (Å²) in [6.07, 6.45) is 18.0. The fourth-order valence-electron chi connectivity index (χ4n) is 2.24. The second kappa shape index (κ2) is 11.0. The van der Waals surface area contributed by atoms with Crippen molar-refractivity contribution in [2.45, 2.75) is 58.3 Å². The molecular formula is C19H28O2. The summed E-state index contributed by atoms with van der Waals surface area (Å²) in [6.45, 7) is 2.23. The maximum Gasteiger partial charge on any atom is 0.119 e. The molecule has 0 fully saturated rings. The summed E-state index contributed by atoms with van der Waals surface area (Å²) >= 11 is 0. The Bertz CT molecular complexity index is 427. The molecule has 0 heterocycles. The number of hydrogen-bond donors (Lipinski definition) is 2. The molecule has 0 spiro atoms. The molecule has 2 nitrogen and oxygen atoms in total. The molecular weight excluding hydrogens is 260 g/mol. The van der Waals surface area contributed by atoms with Crippen LogP contribution in [0.5, 0.6) is 11.5 Å². The van der Waals surface area contributed by atoms with E-state index in [1.165, 1.54) is 31.7 Å². The predicted octanol–water partition coefficient (Wildman–Crippen LogP) is 5.50. The molecule has 0 aliphatic carbocycles. The van der Waals surface area contributed by atoms with Crippen molar-refractivity contribution in [2.75, 3.05) is 0 Å². The molecule has 1 aromatic carbocycles. The molecule has 0 saturated carbocycles. The fourth-order valence-corrected chi connectivity index (χ4v) is 2.24. The molecule has 1 aromatic rings. The highest BCUT2D eigenvalue weighted by molar-refractivity contribution is 5.36. The summed E-state index contributed by atoms with van der Waals surface area (Å²) in [7, 11) is 0. The smallest absolute Gasteiger partial charge is 0.119 e. The highest BCUT2D eigenvalue weighted by atomic mass is 16.3. The Morgan fingerprint density at radius 1 is 0.810 bits per heavy atom. The Labute approximate surface area is 128 Å². The summed E-state index contributed by atoms with van der Waals surface area (Å²) in [5, 5.41) is 18.8. The van der Waals surface area contributed by atoms with Gasteiger partial charge in [0, 0.05) is 6.07 Å². The van der Waals surface area contributed by atoms with Gasteiger partial charge in [-0.3, -0.25) is 0 Å². The SMILES string of the molecule is CCCCCC=CCC=CCCCc1cc(O)cc(O)c1. The zero-order valence-electron chi connectivity index (χ0n) is 13.1. The average molecular weight is 288 g/mol. The van der Waals surface area contributed by atoms with Gasteiger partial charge in [0.1, 0.15) is 11.5 Å². The number of rotatable bonds is 10. The molecule has 0 amide bonds. The van der Waals surface area contributed by atoms with Gasteiger partial charge in [0.15, 0.2) is 0 Å². The van der Waals surface area contributed by atoms with Crippen molar-refractivity contribution < 1.29 is 10.2 Å². The van der Waals surface area contributed by atoms with Crippen molar-refractivity contribution in [2.24, 2.45) is 0 Å². The van der Waals surface area contributed by atoms with Gasteiger partial charge in [0.05, 0.1) is 0 Å². The van der Waals surface area contributed by atoms with Crippen LogP contribution in [0.3, 0.4) is 0 Å². The maximum absolute atomic E-state index is 9.39. The van der Waals surface area contributed by atoms with Gasteiger partial charge in [-0.05, 0) is 56.2 Å². The highest BCUT2D eigenvalue weighted by Gasteiger charge is 1.98. The lowest BCUT2D eigenvalue weighted by Crippen LogP contribution is -1.84. The van der Waals surface area contributed by atoms with Crippen molar-refractivity contribution in [3.05, 3.63) is 48.1 Å². The average Bonchev–Trinajstić information content (AvgIpc) is 2.44. The molecule has 0 aliphatic rings. The quantitative estimate of drug-likeness (QED) is 0.440. The lowest BCUT2D eigenvalue weighted by atomic mass is 10.1. The van der Waals surface area contributed by atoms with E-state index < -0.39 is 0 Å². The van der Waals surface area contributed by atoms with Crippen LogP contribution in [0.2, 0.25) is 0 Å². The van der Waals surface area contributed by atoms with Crippen LogP contribution in [0.1, 0.15) is 57.4 Å². The third kappa shape index (κ3) is 8.96. The Hall–Kier alpha value is -1.70. The number of phenolic OH excluding ortho intramolecular Hbond substituents is 2. The van der Waals surface area contributed by atoms with E-state index >= 15 is 0 Å². The maximum atomic E-state index is 9.39. The first-order valence-corrected chi connectivity index (χ1v) is 8.04. The first kappa shape index (κ1) is 17.4. The molecule has 0 atom stereocenters. The molecule has 116 valence electrons. The van der Waals surface area contributed by atoms with Crippen LogP contribution < -0.4 is 0 Å². The summed E-state index contributed by atoms with van der Waals surface area (Å²) in [6, 6.07) is 4.78. The minimum atomic E-state index is 0.133. The van der Waals surface area contributed by atoms with Crippen molar-refractivity contribution in [1.82, 2.24) is 0 Å².